The molecule has 31 heavy (non-hydrogen) atoms. The molecule has 1 heterocycles. The van der Waals surface area contributed by atoms with Crippen LogP contribution in [0, 0.1) is 12.7 Å². The zero-order valence-electron chi connectivity index (χ0n) is 16.5. The number of thioether (sulfide) groups is 1. The van der Waals surface area contributed by atoms with Gasteiger partial charge in [-0.05, 0) is 67.1 Å². The number of halogens is 2. The summed E-state index contributed by atoms with van der Waals surface area (Å²) in [7, 11) is 0. The smallest absolute Gasteiger partial charge is 0.234 e. The van der Waals surface area contributed by atoms with Crippen LogP contribution in [-0.4, -0.2) is 26.4 Å². The first-order valence-electron chi connectivity index (χ1n) is 9.47. The number of nitrogens with zero attached hydrogens (tertiary/aromatic N) is 3. The van der Waals surface area contributed by atoms with E-state index in [4.69, 9.17) is 11.6 Å². The van der Waals surface area contributed by atoms with Crippen LogP contribution in [0.4, 0.5) is 10.1 Å². The van der Waals surface area contributed by atoms with Crippen molar-refractivity contribution in [2.45, 2.75) is 12.1 Å². The van der Waals surface area contributed by atoms with Crippen LogP contribution in [0.5, 0.6) is 0 Å². The Morgan fingerprint density at radius 3 is 2.45 bits per heavy atom. The topological polar surface area (TPSA) is 59.8 Å². The third-order valence-corrected chi connectivity index (χ3v) is 5.75. The predicted molar refractivity (Wildman–Crippen MR) is 122 cm³/mol. The first-order valence-corrected chi connectivity index (χ1v) is 10.8. The molecule has 0 aliphatic heterocycles. The largest absolute Gasteiger partial charge is 0.325 e. The van der Waals surface area contributed by atoms with Crippen LogP contribution in [0.25, 0.3) is 17.1 Å². The van der Waals surface area contributed by atoms with Gasteiger partial charge < -0.3 is 5.32 Å². The Bertz CT molecular complexity index is 1210. The molecule has 3 aromatic carbocycles. The van der Waals surface area contributed by atoms with Crippen LogP contribution < -0.4 is 5.32 Å². The molecule has 0 aliphatic carbocycles. The number of aromatic nitrogens is 3. The van der Waals surface area contributed by atoms with Gasteiger partial charge in [0.25, 0.3) is 0 Å². The number of carbonyl (C=O) groups excluding carboxylic acids is 1. The number of hydrogen-bond donors (Lipinski definition) is 1. The van der Waals surface area contributed by atoms with Gasteiger partial charge in [-0.1, -0.05) is 41.6 Å². The molecule has 1 amide bonds. The number of amides is 1. The van der Waals surface area contributed by atoms with Gasteiger partial charge >= 0.3 is 0 Å². The Morgan fingerprint density at radius 2 is 1.74 bits per heavy atom. The molecular formula is C23H18ClFN4OS. The standard InChI is InChI=1S/C23H18ClFN4OS/c1-15-4-2-3-5-20(15)26-21(30)14-31-23-28-27-22(16-6-8-17(24)9-7-16)29(23)19-12-10-18(25)11-13-19/h2-13H,14H2,1H3,(H,26,30). The highest BCUT2D eigenvalue weighted by atomic mass is 35.5. The number of rotatable bonds is 6. The average Bonchev–Trinajstić information content (AvgIpc) is 3.19. The van der Waals surface area contributed by atoms with Crippen LogP contribution in [0.15, 0.2) is 78.0 Å². The lowest BCUT2D eigenvalue weighted by Crippen LogP contribution is -2.15. The molecule has 8 heteroatoms. The molecule has 0 aliphatic rings. The second-order valence-electron chi connectivity index (χ2n) is 6.78. The van der Waals surface area contributed by atoms with Gasteiger partial charge in [-0.3, -0.25) is 9.36 Å². The Hall–Kier alpha value is -3.16. The summed E-state index contributed by atoms with van der Waals surface area (Å²) in [5.41, 5.74) is 3.26. The summed E-state index contributed by atoms with van der Waals surface area (Å²) in [5.74, 6) is 0.233. The highest BCUT2D eigenvalue weighted by Gasteiger charge is 2.17. The first kappa shape index (κ1) is 21.1. The fourth-order valence-corrected chi connectivity index (χ4v) is 3.88. The van der Waals surface area contributed by atoms with E-state index in [9.17, 15) is 9.18 Å². The van der Waals surface area contributed by atoms with Crippen molar-refractivity contribution < 1.29 is 9.18 Å². The molecule has 0 spiro atoms. The third kappa shape index (κ3) is 4.95. The van der Waals surface area contributed by atoms with Crippen molar-refractivity contribution in [1.29, 1.82) is 0 Å². The van der Waals surface area contributed by atoms with E-state index in [1.807, 2.05) is 43.3 Å². The molecule has 0 saturated heterocycles. The molecule has 0 atom stereocenters. The van der Waals surface area contributed by atoms with E-state index in [1.54, 1.807) is 28.8 Å². The molecule has 0 radical (unpaired) electrons. The fourth-order valence-electron chi connectivity index (χ4n) is 3.00. The van der Waals surface area contributed by atoms with Crippen LogP contribution in [0.1, 0.15) is 5.56 Å². The van der Waals surface area contributed by atoms with Crippen LogP contribution >= 0.6 is 23.4 Å². The zero-order valence-corrected chi connectivity index (χ0v) is 18.1. The lowest BCUT2D eigenvalue weighted by atomic mass is 10.2. The normalized spacial score (nSPS) is 10.8. The monoisotopic (exact) mass is 452 g/mol. The number of benzene rings is 3. The summed E-state index contributed by atoms with van der Waals surface area (Å²) in [4.78, 5) is 12.5. The summed E-state index contributed by atoms with van der Waals surface area (Å²) in [6.07, 6.45) is 0. The molecule has 0 unspecified atom stereocenters. The minimum Gasteiger partial charge on any atom is -0.325 e. The van der Waals surface area contributed by atoms with E-state index >= 15 is 0 Å². The van der Waals surface area contributed by atoms with Crippen molar-refractivity contribution >= 4 is 35.0 Å². The highest BCUT2D eigenvalue weighted by Crippen LogP contribution is 2.29. The van der Waals surface area contributed by atoms with Crippen molar-refractivity contribution in [1.82, 2.24) is 14.8 Å². The SMILES string of the molecule is Cc1ccccc1NC(=O)CSc1nnc(-c2ccc(Cl)cc2)n1-c1ccc(F)cc1. The van der Waals surface area contributed by atoms with E-state index in [1.165, 1.54) is 23.9 Å². The van der Waals surface area contributed by atoms with E-state index in [-0.39, 0.29) is 17.5 Å². The van der Waals surface area contributed by atoms with Crippen LogP contribution in [0.3, 0.4) is 0 Å². The van der Waals surface area contributed by atoms with Gasteiger partial charge in [0.15, 0.2) is 11.0 Å². The second-order valence-corrected chi connectivity index (χ2v) is 8.16. The molecule has 0 bridgehead atoms. The van der Waals surface area contributed by atoms with E-state index < -0.39 is 0 Å². The zero-order chi connectivity index (χ0) is 21.8. The van der Waals surface area contributed by atoms with Gasteiger partial charge in [-0.2, -0.15) is 0 Å². The summed E-state index contributed by atoms with van der Waals surface area (Å²) in [6.45, 7) is 1.94. The van der Waals surface area contributed by atoms with Gasteiger partial charge in [0.05, 0.1) is 5.75 Å². The van der Waals surface area contributed by atoms with Crippen LogP contribution in [0.2, 0.25) is 5.02 Å². The van der Waals surface area contributed by atoms with Gasteiger partial charge in [-0.15, -0.1) is 10.2 Å². The number of carbonyl (C=O) groups is 1. The fraction of sp³-hybridized carbons (Fsp3) is 0.0870. The van der Waals surface area contributed by atoms with Crippen molar-refractivity contribution in [2.75, 3.05) is 11.1 Å². The lowest BCUT2D eigenvalue weighted by Gasteiger charge is -2.11. The van der Waals surface area contributed by atoms with Crippen molar-refractivity contribution in [3.05, 3.63) is 89.2 Å². The van der Waals surface area contributed by atoms with E-state index in [2.05, 4.69) is 15.5 Å². The molecule has 1 aromatic heterocycles. The van der Waals surface area contributed by atoms with E-state index in [0.717, 1.165) is 16.8 Å². The first-order chi connectivity index (χ1) is 15.0. The molecule has 4 rings (SSSR count). The molecular weight excluding hydrogens is 435 g/mol. The van der Waals surface area contributed by atoms with E-state index in [0.29, 0.717) is 21.7 Å². The average molecular weight is 453 g/mol. The predicted octanol–water partition coefficient (Wildman–Crippen LogP) is 5.77. The van der Waals surface area contributed by atoms with Crippen molar-refractivity contribution in [3.63, 3.8) is 0 Å². The second kappa shape index (κ2) is 9.32. The number of aryl methyl sites for hydroxylation is 1. The minimum atomic E-state index is -0.336. The molecule has 156 valence electrons. The minimum absolute atomic E-state index is 0.147. The van der Waals surface area contributed by atoms with Gasteiger partial charge in [0.1, 0.15) is 5.82 Å². The summed E-state index contributed by atoms with van der Waals surface area (Å²) in [6, 6.07) is 20.8. The Labute approximate surface area is 188 Å². The maximum atomic E-state index is 13.5. The molecule has 4 aromatic rings. The van der Waals surface area contributed by atoms with Crippen molar-refractivity contribution in [2.24, 2.45) is 0 Å². The summed E-state index contributed by atoms with van der Waals surface area (Å²) < 4.78 is 15.3. The lowest BCUT2D eigenvalue weighted by molar-refractivity contribution is -0.113. The summed E-state index contributed by atoms with van der Waals surface area (Å²) in [5, 5.41) is 12.6. The van der Waals surface area contributed by atoms with Gasteiger partial charge in [0, 0.05) is 22.0 Å². The molecule has 0 saturated carbocycles. The molecule has 0 fully saturated rings. The van der Waals surface area contributed by atoms with Crippen LogP contribution in [-0.2, 0) is 4.79 Å². The Balaban J connectivity index is 1.61. The van der Waals surface area contributed by atoms with Gasteiger partial charge in [-0.25, -0.2) is 4.39 Å². The molecule has 5 nitrogen and oxygen atoms in total. The Kier molecular flexibility index (Phi) is 6.34. The van der Waals surface area contributed by atoms with Gasteiger partial charge in [0.2, 0.25) is 5.91 Å². The number of para-hydroxylation sites is 1. The quantitative estimate of drug-likeness (QED) is 0.377. The van der Waals surface area contributed by atoms with Crippen molar-refractivity contribution in [3.8, 4) is 17.1 Å². The molecule has 1 N–H and O–H groups in total. The maximum Gasteiger partial charge on any atom is 0.234 e. The summed E-state index contributed by atoms with van der Waals surface area (Å²) >= 11 is 7.26. The highest BCUT2D eigenvalue weighted by molar-refractivity contribution is 7.99. The maximum absolute atomic E-state index is 13.5. The number of hydrogen-bond acceptors (Lipinski definition) is 4. The number of anilines is 1. The number of nitrogens with one attached hydrogen (secondary N) is 1. The Morgan fingerprint density at radius 1 is 1.03 bits per heavy atom. The third-order valence-electron chi connectivity index (χ3n) is 4.57.